The van der Waals surface area contributed by atoms with Gasteiger partial charge in [-0.05, 0) is 45.7 Å². The lowest BCUT2D eigenvalue weighted by Gasteiger charge is -2.44. The Balaban J connectivity index is 1.66. The van der Waals surface area contributed by atoms with Crippen LogP contribution in [0.3, 0.4) is 0 Å². The molecule has 3 atom stereocenters. The molecule has 1 amide bonds. The minimum Gasteiger partial charge on any atom is -0.378 e. The molecular weight excluding hydrogens is 302 g/mol. The van der Waals surface area contributed by atoms with Gasteiger partial charge in [0.1, 0.15) is 0 Å². The summed E-state index contributed by atoms with van der Waals surface area (Å²) in [4.78, 5) is 19.6. The molecule has 0 aliphatic carbocycles. The van der Waals surface area contributed by atoms with Crippen molar-refractivity contribution in [1.29, 1.82) is 0 Å². The van der Waals surface area contributed by atoms with E-state index in [9.17, 15) is 4.79 Å². The van der Waals surface area contributed by atoms with Gasteiger partial charge in [-0.2, -0.15) is 0 Å². The van der Waals surface area contributed by atoms with E-state index in [2.05, 4.69) is 27.3 Å². The third-order valence-electron chi connectivity index (χ3n) is 5.05. The zero-order valence-electron chi connectivity index (χ0n) is 15.0. The van der Waals surface area contributed by atoms with Crippen molar-refractivity contribution in [3.8, 4) is 0 Å². The number of nitrogens with zero attached hydrogens (tertiary/aromatic N) is 2. The van der Waals surface area contributed by atoms with E-state index in [1.807, 2.05) is 26.8 Å². The summed E-state index contributed by atoms with van der Waals surface area (Å²) in [7, 11) is 0. The van der Waals surface area contributed by atoms with E-state index in [0.717, 1.165) is 43.9 Å². The van der Waals surface area contributed by atoms with E-state index in [0.29, 0.717) is 6.61 Å². The van der Waals surface area contributed by atoms with Crippen molar-refractivity contribution in [3.05, 3.63) is 29.6 Å². The molecule has 132 valence electrons. The number of carbonyl (C=O) groups is 1. The van der Waals surface area contributed by atoms with Gasteiger partial charge in [0.25, 0.3) is 0 Å². The van der Waals surface area contributed by atoms with Crippen molar-refractivity contribution in [2.24, 2.45) is 11.8 Å². The summed E-state index contributed by atoms with van der Waals surface area (Å²) in [6, 6.07) is 6.36. The summed E-state index contributed by atoms with van der Waals surface area (Å²) in [5, 5.41) is 3.09. The quantitative estimate of drug-likeness (QED) is 0.918. The first-order chi connectivity index (χ1) is 11.5. The van der Waals surface area contributed by atoms with Crippen LogP contribution in [0.4, 0.5) is 0 Å². The number of nitrogens with one attached hydrogen (secondary N) is 1. The van der Waals surface area contributed by atoms with Crippen LogP contribution in [0, 0.1) is 18.8 Å². The molecule has 1 aromatic rings. The second-order valence-corrected chi connectivity index (χ2v) is 7.43. The van der Waals surface area contributed by atoms with Gasteiger partial charge in [-0.1, -0.05) is 6.07 Å². The largest absolute Gasteiger partial charge is 0.378 e. The van der Waals surface area contributed by atoms with E-state index >= 15 is 0 Å². The normalized spacial score (nSPS) is 27.8. The lowest BCUT2D eigenvalue weighted by Crippen LogP contribution is -2.53. The minimum absolute atomic E-state index is 0.0689. The summed E-state index contributed by atoms with van der Waals surface area (Å²) < 4.78 is 5.96. The summed E-state index contributed by atoms with van der Waals surface area (Å²) in [6.07, 6.45) is 2.06. The van der Waals surface area contributed by atoms with Crippen molar-refractivity contribution in [2.75, 3.05) is 19.7 Å². The van der Waals surface area contributed by atoms with E-state index in [-0.39, 0.29) is 29.9 Å². The van der Waals surface area contributed by atoms with E-state index in [4.69, 9.17) is 4.74 Å². The zero-order chi connectivity index (χ0) is 17.1. The van der Waals surface area contributed by atoms with Crippen LogP contribution in [0.2, 0.25) is 0 Å². The fourth-order valence-corrected chi connectivity index (χ4v) is 3.96. The Hall–Kier alpha value is -1.46. The SMILES string of the molecule is Cc1cccc(CN2CC[C@H]3OCC[C@@H](C(=O)NC(C)C)[C@@H]3C2)n1. The Morgan fingerprint density at radius 2 is 2.25 bits per heavy atom. The average molecular weight is 331 g/mol. The van der Waals surface area contributed by atoms with Gasteiger partial charge >= 0.3 is 0 Å². The highest BCUT2D eigenvalue weighted by molar-refractivity contribution is 5.79. The highest BCUT2D eigenvalue weighted by Gasteiger charge is 2.41. The van der Waals surface area contributed by atoms with Crippen LogP contribution in [-0.2, 0) is 16.1 Å². The van der Waals surface area contributed by atoms with Gasteiger partial charge in [0, 0.05) is 49.8 Å². The topological polar surface area (TPSA) is 54.5 Å². The first-order valence-corrected chi connectivity index (χ1v) is 9.10. The molecule has 24 heavy (non-hydrogen) atoms. The third kappa shape index (κ3) is 4.14. The number of piperidine rings is 1. The molecule has 2 fully saturated rings. The Kier molecular flexibility index (Phi) is 5.51. The number of rotatable bonds is 4. The number of hydrogen-bond donors (Lipinski definition) is 1. The van der Waals surface area contributed by atoms with E-state index in [1.165, 1.54) is 0 Å². The molecule has 0 aromatic carbocycles. The van der Waals surface area contributed by atoms with Gasteiger partial charge in [-0.25, -0.2) is 0 Å². The van der Waals surface area contributed by atoms with Crippen molar-refractivity contribution in [1.82, 2.24) is 15.2 Å². The minimum atomic E-state index is 0.0689. The molecule has 1 aromatic heterocycles. The number of likely N-dealkylation sites (tertiary alicyclic amines) is 1. The Bertz CT molecular complexity index is 575. The number of aromatic nitrogens is 1. The molecule has 2 saturated heterocycles. The molecule has 2 aliphatic heterocycles. The van der Waals surface area contributed by atoms with Crippen molar-refractivity contribution in [2.45, 2.75) is 52.3 Å². The molecule has 0 spiro atoms. The van der Waals surface area contributed by atoms with E-state index in [1.54, 1.807) is 0 Å². The van der Waals surface area contributed by atoms with Gasteiger partial charge in [0.2, 0.25) is 5.91 Å². The fourth-order valence-electron chi connectivity index (χ4n) is 3.96. The predicted molar refractivity (Wildman–Crippen MR) is 93.5 cm³/mol. The van der Waals surface area contributed by atoms with Crippen LogP contribution in [0.1, 0.15) is 38.1 Å². The van der Waals surface area contributed by atoms with Crippen LogP contribution in [0.5, 0.6) is 0 Å². The smallest absolute Gasteiger partial charge is 0.223 e. The maximum Gasteiger partial charge on any atom is 0.223 e. The zero-order valence-corrected chi connectivity index (χ0v) is 15.0. The molecule has 0 radical (unpaired) electrons. The number of pyridine rings is 1. The number of fused-ring (bicyclic) bond motifs is 1. The third-order valence-corrected chi connectivity index (χ3v) is 5.05. The standard InChI is InChI=1S/C19H29N3O2/c1-13(2)20-19(23)16-8-10-24-18-7-9-22(12-17(16)18)11-15-6-4-5-14(3)21-15/h4-6,13,16-18H,7-12H2,1-3H3,(H,20,23)/t16-,17+,18-/m1/s1. The molecule has 5 nitrogen and oxygen atoms in total. The van der Waals surface area contributed by atoms with Gasteiger partial charge in [-0.3, -0.25) is 14.7 Å². The number of aryl methyl sites for hydroxylation is 1. The van der Waals surface area contributed by atoms with Gasteiger partial charge in [-0.15, -0.1) is 0 Å². The monoisotopic (exact) mass is 331 g/mol. The summed E-state index contributed by atoms with van der Waals surface area (Å²) in [5.74, 6) is 0.550. The summed E-state index contributed by atoms with van der Waals surface area (Å²) >= 11 is 0. The van der Waals surface area contributed by atoms with Crippen molar-refractivity contribution >= 4 is 5.91 Å². The summed E-state index contributed by atoms with van der Waals surface area (Å²) in [6.45, 7) is 9.54. The molecule has 3 rings (SSSR count). The maximum absolute atomic E-state index is 12.6. The van der Waals surface area contributed by atoms with Crippen LogP contribution in [-0.4, -0.2) is 47.6 Å². The molecule has 1 N–H and O–H groups in total. The Morgan fingerprint density at radius 3 is 3.00 bits per heavy atom. The average Bonchev–Trinajstić information content (AvgIpc) is 2.53. The van der Waals surface area contributed by atoms with Crippen molar-refractivity contribution < 1.29 is 9.53 Å². The molecule has 0 unspecified atom stereocenters. The number of ether oxygens (including phenoxy) is 1. The van der Waals surface area contributed by atoms with Crippen molar-refractivity contribution in [3.63, 3.8) is 0 Å². The second kappa shape index (κ2) is 7.62. The Labute approximate surface area is 144 Å². The first-order valence-electron chi connectivity index (χ1n) is 9.10. The van der Waals surface area contributed by atoms with Crippen LogP contribution in [0.25, 0.3) is 0 Å². The predicted octanol–water partition coefficient (Wildman–Crippen LogP) is 2.14. The number of amides is 1. The number of carbonyl (C=O) groups excluding carboxylic acids is 1. The molecule has 0 bridgehead atoms. The molecule has 5 heteroatoms. The molecule has 2 aliphatic rings. The molecule has 0 saturated carbocycles. The van der Waals surface area contributed by atoms with Crippen LogP contribution < -0.4 is 5.32 Å². The maximum atomic E-state index is 12.6. The molecule has 3 heterocycles. The highest BCUT2D eigenvalue weighted by atomic mass is 16.5. The summed E-state index contributed by atoms with van der Waals surface area (Å²) in [5.41, 5.74) is 2.16. The van der Waals surface area contributed by atoms with E-state index < -0.39 is 0 Å². The number of hydrogen-bond acceptors (Lipinski definition) is 4. The second-order valence-electron chi connectivity index (χ2n) is 7.43. The first kappa shape index (κ1) is 17.4. The van der Waals surface area contributed by atoms with Gasteiger partial charge in [0.15, 0.2) is 0 Å². The lowest BCUT2D eigenvalue weighted by atomic mass is 9.79. The van der Waals surface area contributed by atoms with Gasteiger partial charge < -0.3 is 10.1 Å². The van der Waals surface area contributed by atoms with Crippen LogP contribution >= 0.6 is 0 Å². The Morgan fingerprint density at radius 1 is 1.42 bits per heavy atom. The van der Waals surface area contributed by atoms with Gasteiger partial charge in [0.05, 0.1) is 11.8 Å². The van der Waals surface area contributed by atoms with Crippen LogP contribution in [0.15, 0.2) is 18.2 Å². The fraction of sp³-hybridized carbons (Fsp3) is 0.684. The molecular formula is C19H29N3O2. The lowest BCUT2D eigenvalue weighted by molar-refractivity contribution is -0.142. The highest BCUT2D eigenvalue weighted by Crippen LogP contribution is 2.33.